The molecule has 2 heterocycles. The molecule has 3 rings (SSSR count). The van der Waals surface area contributed by atoms with Gasteiger partial charge in [0, 0.05) is 33.2 Å². The number of amides is 2. The number of piperidine rings is 1. The standard InChI is InChI=1S/C19H27N3O3/c1-25-19(8-11-20-12-9-19)18(24)21-10-4-7-17(23)22-13-15-5-2-3-6-16(15)14-22/h2-3,5-6,20H,4,7-14H2,1H3,(H,21,24). The molecule has 0 bridgehead atoms. The van der Waals surface area contributed by atoms with Crippen LogP contribution in [0, 0.1) is 0 Å². The van der Waals surface area contributed by atoms with E-state index >= 15 is 0 Å². The highest BCUT2D eigenvalue weighted by molar-refractivity contribution is 5.85. The fourth-order valence-electron chi connectivity index (χ4n) is 3.62. The van der Waals surface area contributed by atoms with Gasteiger partial charge >= 0.3 is 0 Å². The maximum atomic E-state index is 12.4. The SMILES string of the molecule is COC1(C(=O)NCCCC(=O)N2Cc3ccccc3C2)CCNCC1. The third-order valence-electron chi connectivity index (χ3n) is 5.26. The first-order chi connectivity index (χ1) is 12.1. The van der Waals surface area contributed by atoms with E-state index in [2.05, 4.69) is 22.8 Å². The maximum absolute atomic E-state index is 12.4. The second-order valence-corrected chi connectivity index (χ2v) is 6.83. The van der Waals surface area contributed by atoms with E-state index < -0.39 is 5.60 Å². The van der Waals surface area contributed by atoms with Crippen LogP contribution in [0.25, 0.3) is 0 Å². The molecule has 1 fully saturated rings. The molecule has 2 aliphatic rings. The van der Waals surface area contributed by atoms with Crippen molar-refractivity contribution in [3.8, 4) is 0 Å². The van der Waals surface area contributed by atoms with E-state index in [1.807, 2.05) is 17.0 Å². The van der Waals surface area contributed by atoms with Gasteiger partial charge in [-0.15, -0.1) is 0 Å². The molecular weight excluding hydrogens is 318 g/mol. The molecule has 6 heteroatoms. The predicted molar refractivity (Wildman–Crippen MR) is 94.8 cm³/mol. The van der Waals surface area contributed by atoms with E-state index in [1.54, 1.807) is 7.11 Å². The number of nitrogens with zero attached hydrogens (tertiary/aromatic N) is 1. The summed E-state index contributed by atoms with van der Waals surface area (Å²) in [7, 11) is 1.60. The number of fused-ring (bicyclic) bond motifs is 1. The number of benzene rings is 1. The van der Waals surface area contributed by atoms with Gasteiger partial charge in [-0.3, -0.25) is 9.59 Å². The van der Waals surface area contributed by atoms with Gasteiger partial charge in [0.25, 0.3) is 5.91 Å². The van der Waals surface area contributed by atoms with Crippen molar-refractivity contribution in [1.82, 2.24) is 15.5 Å². The van der Waals surface area contributed by atoms with Gasteiger partial charge < -0.3 is 20.3 Å². The molecule has 0 unspecified atom stereocenters. The van der Waals surface area contributed by atoms with Crippen molar-refractivity contribution in [1.29, 1.82) is 0 Å². The number of hydrogen-bond donors (Lipinski definition) is 2. The van der Waals surface area contributed by atoms with Crippen LogP contribution in [0.1, 0.15) is 36.8 Å². The van der Waals surface area contributed by atoms with E-state index in [1.165, 1.54) is 11.1 Å². The molecule has 0 aliphatic carbocycles. The summed E-state index contributed by atoms with van der Waals surface area (Å²) in [5.74, 6) is 0.0892. The van der Waals surface area contributed by atoms with Crippen molar-refractivity contribution in [2.75, 3.05) is 26.7 Å². The molecule has 1 aromatic carbocycles. The summed E-state index contributed by atoms with van der Waals surface area (Å²) in [5.41, 5.74) is 1.75. The van der Waals surface area contributed by atoms with Crippen LogP contribution in [0.15, 0.2) is 24.3 Å². The van der Waals surface area contributed by atoms with Crippen LogP contribution in [0.4, 0.5) is 0 Å². The molecular formula is C19H27N3O3. The summed E-state index contributed by atoms with van der Waals surface area (Å²) in [6, 6.07) is 8.17. The Balaban J connectivity index is 1.40. The fraction of sp³-hybridized carbons (Fsp3) is 0.579. The third-order valence-corrected chi connectivity index (χ3v) is 5.26. The van der Waals surface area contributed by atoms with Crippen LogP contribution in [-0.4, -0.2) is 49.1 Å². The predicted octanol–water partition coefficient (Wildman–Crippen LogP) is 1.19. The number of ether oxygens (including phenoxy) is 1. The van der Waals surface area contributed by atoms with Gasteiger partial charge in [0.15, 0.2) is 0 Å². The minimum Gasteiger partial charge on any atom is -0.368 e. The van der Waals surface area contributed by atoms with Gasteiger partial charge in [-0.2, -0.15) is 0 Å². The number of methoxy groups -OCH3 is 1. The van der Waals surface area contributed by atoms with E-state index in [9.17, 15) is 9.59 Å². The Labute approximate surface area is 148 Å². The van der Waals surface area contributed by atoms with Crippen molar-refractivity contribution in [3.05, 3.63) is 35.4 Å². The molecule has 25 heavy (non-hydrogen) atoms. The highest BCUT2D eigenvalue weighted by atomic mass is 16.5. The molecule has 0 saturated carbocycles. The minimum atomic E-state index is -0.716. The summed E-state index contributed by atoms with van der Waals surface area (Å²) in [5, 5.41) is 6.18. The van der Waals surface area contributed by atoms with Gasteiger partial charge in [0.1, 0.15) is 5.60 Å². The van der Waals surface area contributed by atoms with E-state index in [0.717, 1.165) is 13.1 Å². The molecule has 0 radical (unpaired) electrons. The molecule has 2 amide bonds. The third kappa shape index (κ3) is 4.02. The van der Waals surface area contributed by atoms with E-state index in [-0.39, 0.29) is 11.8 Å². The first-order valence-corrected chi connectivity index (χ1v) is 9.03. The summed E-state index contributed by atoms with van der Waals surface area (Å²) in [6.07, 6.45) is 2.46. The Morgan fingerprint density at radius 2 is 1.84 bits per heavy atom. The Morgan fingerprint density at radius 3 is 2.44 bits per heavy atom. The molecule has 6 nitrogen and oxygen atoms in total. The molecule has 0 spiro atoms. The molecule has 0 aromatic heterocycles. The van der Waals surface area contributed by atoms with E-state index in [4.69, 9.17) is 4.74 Å². The fourth-order valence-corrected chi connectivity index (χ4v) is 3.62. The average Bonchev–Trinajstić information content (AvgIpc) is 3.09. The normalized spacial score (nSPS) is 18.7. The Bertz CT molecular complexity index is 601. The monoisotopic (exact) mass is 345 g/mol. The number of rotatable bonds is 6. The van der Waals surface area contributed by atoms with E-state index in [0.29, 0.717) is 45.3 Å². The molecule has 1 saturated heterocycles. The molecule has 2 aliphatic heterocycles. The molecule has 2 N–H and O–H groups in total. The Hall–Kier alpha value is -1.92. The quantitative estimate of drug-likeness (QED) is 0.760. The first kappa shape index (κ1) is 17.9. The zero-order valence-electron chi connectivity index (χ0n) is 14.8. The topological polar surface area (TPSA) is 70.7 Å². The first-order valence-electron chi connectivity index (χ1n) is 9.03. The minimum absolute atomic E-state index is 0.0578. The van der Waals surface area contributed by atoms with Gasteiger partial charge in [-0.1, -0.05) is 24.3 Å². The second-order valence-electron chi connectivity index (χ2n) is 6.83. The highest BCUT2D eigenvalue weighted by Crippen LogP contribution is 2.24. The second kappa shape index (κ2) is 7.97. The van der Waals surface area contributed by atoms with Gasteiger partial charge in [-0.25, -0.2) is 0 Å². The van der Waals surface area contributed by atoms with Crippen molar-refractivity contribution in [3.63, 3.8) is 0 Å². The zero-order valence-corrected chi connectivity index (χ0v) is 14.8. The Kier molecular flexibility index (Phi) is 5.71. The maximum Gasteiger partial charge on any atom is 0.252 e. The van der Waals surface area contributed by atoms with Gasteiger partial charge in [0.2, 0.25) is 5.91 Å². The van der Waals surface area contributed by atoms with Crippen molar-refractivity contribution >= 4 is 11.8 Å². The van der Waals surface area contributed by atoms with Crippen molar-refractivity contribution in [2.45, 2.75) is 44.4 Å². The summed E-state index contributed by atoms with van der Waals surface area (Å²) < 4.78 is 5.51. The largest absolute Gasteiger partial charge is 0.368 e. The number of carbonyl (C=O) groups excluding carboxylic acids is 2. The summed E-state index contributed by atoms with van der Waals surface area (Å²) >= 11 is 0. The molecule has 1 aromatic rings. The number of carbonyl (C=O) groups is 2. The van der Waals surface area contributed by atoms with Crippen LogP contribution < -0.4 is 10.6 Å². The van der Waals surface area contributed by atoms with Crippen LogP contribution >= 0.6 is 0 Å². The lowest BCUT2D eigenvalue weighted by Gasteiger charge is -2.34. The summed E-state index contributed by atoms with van der Waals surface area (Å²) in [6.45, 7) is 3.47. The molecule has 136 valence electrons. The zero-order chi connectivity index (χ0) is 17.7. The van der Waals surface area contributed by atoms with Crippen LogP contribution in [-0.2, 0) is 27.4 Å². The Morgan fingerprint density at radius 1 is 1.20 bits per heavy atom. The van der Waals surface area contributed by atoms with Gasteiger partial charge in [-0.05, 0) is 43.5 Å². The average molecular weight is 345 g/mol. The molecule has 0 atom stereocenters. The lowest BCUT2D eigenvalue weighted by atomic mass is 9.91. The van der Waals surface area contributed by atoms with Crippen LogP contribution in [0.2, 0.25) is 0 Å². The van der Waals surface area contributed by atoms with Crippen molar-refractivity contribution < 1.29 is 14.3 Å². The van der Waals surface area contributed by atoms with Crippen molar-refractivity contribution in [2.24, 2.45) is 0 Å². The van der Waals surface area contributed by atoms with Crippen LogP contribution in [0.5, 0.6) is 0 Å². The lowest BCUT2D eigenvalue weighted by Crippen LogP contribution is -2.54. The summed E-state index contributed by atoms with van der Waals surface area (Å²) in [4.78, 5) is 26.7. The highest BCUT2D eigenvalue weighted by Gasteiger charge is 2.39. The number of nitrogens with one attached hydrogen (secondary N) is 2. The smallest absolute Gasteiger partial charge is 0.252 e. The number of hydrogen-bond acceptors (Lipinski definition) is 4. The lowest BCUT2D eigenvalue weighted by molar-refractivity contribution is -0.146. The van der Waals surface area contributed by atoms with Crippen LogP contribution in [0.3, 0.4) is 0 Å². The van der Waals surface area contributed by atoms with Gasteiger partial charge in [0.05, 0.1) is 0 Å².